The van der Waals surface area contributed by atoms with E-state index in [0.29, 0.717) is 10.9 Å². The molecule has 7 rings (SSSR count). The van der Waals surface area contributed by atoms with Gasteiger partial charge in [-0.05, 0) is 74.8 Å². The van der Waals surface area contributed by atoms with Gasteiger partial charge in [-0.15, -0.1) is 0 Å². The Morgan fingerprint density at radius 3 is 1.93 bits per heavy atom. The van der Waals surface area contributed by atoms with E-state index in [1.165, 1.54) is 38.9 Å². The Morgan fingerprint density at radius 1 is 0.600 bits per heavy atom. The summed E-state index contributed by atoms with van der Waals surface area (Å²) in [4.78, 5) is 9.12. The number of rotatable bonds is 3. The number of pyridine rings is 2. The maximum Gasteiger partial charge on any atom is 0.205 e. The average molecular weight is 539 g/mol. The predicted molar refractivity (Wildman–Crippen MR) is 166 cm³/mol. The lowest BCUT2D eigenvalue weighted by Gasteiger charge is -2.31. The maximum absolute atomic E-state index is 15.0. The minimum atomic E-state index is -3.29. The summed E-state index contributed by atoms with van der Waals surface area (Å²) in [5.41, 5.74) is 10.9. The van der Waals surface area contributed by atoms with E-state index in [0.717, 1.165) is 10.9 Å². The molecule has 0 spiro atoms. The summed E-state index contributed by atoms with van der Waals surface area (Å²) in [6.07, 6.45) is 7.99. The van der Waals surface area contributed by atoms with Gasteiger partial charge < -0.3 is 4.57 Å². The summed E-state index contributed by atoms with van der Waals surface area (Å²) >= 11 is 0. The van der Waals surface area contributed by atoms with Crippen LogP contribution in [0, 0.1) is 0 Å². The lowest BCUT2D eigenvalue weighted by molar-refractivity contribution is 0.591. The van der Waals surface area contributed by atoms with Gasteiger partial charge in [0.1, 0.15) is 10.9 Å². The van der Waals surface area contributed by atoms with E-state index in [1.807, 2.05) is 42.5 Å². The van der Waals surface area contributed by atoms with Crippen molar-refractivity contribution in [3.63, 3.8) is 0 Å². The van der Waals surface area contributed by atoms with Gasteiger partial charge in [-0.3, -0.25) is 9.97 Å². The molecule has 3 nitrogen and oxygen atoms in total. The van der Waals surface area contributed by atoms with E-state index in [9.17, 15) is 0 Å². The van der Waals surface area contributed by atoms with Gasteiger partial charge in [0.05, 0.1) is 0 Å². The zero-order chi connectivity index (χ0) is 27.7. The van der Waals surface area contributed by atoms with Crippen molar-refractivity contribution in [3.05, 3.63) is 137 Å². The molecule has 0 N–H and O–H groups in total. The fourth-order valence-electron chi connectivity index (χ4n) is 6.86. The molecule has 0 saturated carbocycles. The standard InChI is InChI=1S/C36H31N2OP/c1-35(2)29-12-6-5-11-24(29)15-17-27-30(35)20-18-26-28-23-25(16-19-31(28)36(3,4)34(26)27)40(39,32-13-7-9-21-37-32)33-14-8-10-22-38-33/h5-23H,1-4H3. The van der Waals surface area contributed by atoms with Crippen LogP contribution in [0.15, 0.2) is 103 Å². The van der Waals surface area contributed by atoms with E-state index < -0.39 is 7.14 Å². The van der Waals surface area contributed by atoms with Crippen molar-refractivity contribution in [2.24, 2.45) is 0 Å². The van der Waals surface area contributed by atoms with E-state index in [-0.39, 0.29) is 10.8 Å². The molecule has 5 aromatic rings. The third-order valence-corrected chi connectivity index (χ3v) is 11.7. The van der Waals surface area contributed by atoms with Gasteiger partial charge in [-0.25, -0.2) is 0 Å². The van der Waals surface area contributed by atoms with Gasteiger partial charge in [-0.1, -0.05) is 101 Å². The quantitative estimate of drug-likeness (QED) is 0.228. The third kappa shape index (κ3) is 3.41. The molecular formula is C36H31N2OP. The van der Waals surface area contributed by atoms with Gasteiger partial charge in [0, 0.05) is 28.5 Å². The minimum absolute atomic E-state index is 0.145. The first kappa shape index (κ1) is 24.9. The van der Waals surface area contributed by atoms with Crippen LogP contribution in [0.2, 0.25) is 0 Å². The van der Waals surface area contributed by atoms with Crippen LogP contribution in [-0.2, 0) is 15.4 Å². The SMILES string of the molecule is CC1(C)c2ccccc2C=Cc2c1ccc1c2C(C)(C)c2ccc(P(=O)(c3ccccn3)c3ccccn3)cc2-1. The molecule has 196 valence electrons. The van der Waals surface area contributed by atoms with Crippen LogP contribution in [0.25, 0.3) is 23.3 Å². The number of benzene rings is 3. The van der Waals surface area contributed by atoms with Crippen LogP contribution in [-0.4, -0.2) is 9.97 Å². The first-order valence-electron chi connectivity index (χ1n) is 13.8. The molecule has 2 aliphatic rings. The van der Waals surface area contributed by atoms with Crippen molar-refractivity contribution in [2.45, 2.75) is 38.5 Å². The van der Waals surface area contributed by atoms with Crippen LogP contribution in [0.5, 0.6) is 0 Å². The zero-order valence-electron chi connectivity index (χ0n) is 23.2. The summed E-state index contributed by atoms with van der Waals surface area (Å²) in [7, 11) is -3.29. The molecule has 3 aromatic carbocycles. The van der Waals surface area contributed by atoms with E-state index >= 15 is 4.57 Å². The van der Waals surface area contributed by atoms with Crippen LogP contribution < -0.4 is 16.2 Å². The monoisotopic (exact) mass is 538 g/mol. The van der Waals surface area contributed by atoms with Gasteiger partial charge in [0.25, 0.3) is 0 Å². The topological polar surface area (TPSA) is 42.9 Å². The number of fused-ring (bicyclic) bond motifs is 6. The van der Waals surface area contributed by atoms with Crippen molar-refractivity contribution in [1.29, 1.82) is 0 Å². The van der Waals surface area contributed by atoms with E-state index in [2.05, 4.69) is 98.3 Å². The first-order chi connectivity index (χ1) is 19.2. The fourth-order valence-corrected chi connectivity index (χ4v) is 9.27. The lowest BCUT2D eigenvalue weighted by atomic mass is 9.72. The fraction of sp³-hybridized carbons (Fsp3) is 0.167. The summed E-state index contributed by atoms with van der Waals surface area (Å²) in [5.74, 6) is 0. The molecule has 40 heavy (non-hydrogen) atoms. The summed E-state index contributed by atoms with van der Waals surface area (Å²) < 4.78 is 15.0. The minimum Gasteiger partial charge on any atom is -0.305 e. The highest BCUT2D eigenvalue weighted by molar-refractivity contribution is 7.84. The molecule has 0 aliphatic heterocycles. The summed E-state index contributed by atoms with van der Waals surface area (Å²) in [6.45, 7) is 9.28. The molecule has 4 heteroatoms. The van der Waals surface area contributed by atoms with Crippen molar-refractivity contribution in [1.82, 2.24) is 9.97 Å². The van der Waals surface area contributed by atoms with Crippen LogP contribution in [0.4, 0.5) is 0 Å². The molecule has 0 bridgehead atoms. The highest BCUT2D eigenvalue weighted by Crippen LogP contribution is 2.54. The molecular weight excluding hydrogens is 507 g/mol. The second-order valence-corrected chi connectivity index (χ2v) is 14.5. The first-order valence-corrected chi connectivity index (χ1v) is 15.5. The summed E-state index contributed by atoms with van der Waals surface area (Å²) in [5, 5.41) is 0.755. The molecule has 0 atom stereocenters. The van der Waals surface area contributed by atoms with Gasteiger partial charge in [-0.2, -0.15) is 0 Å². The Balaban J connectivity index is 1.47. The zero-order valence-corrected chi connectivity index (χ0v) is 24.1. The van der Waals surface area contributed by atoms with E-state index in [1.54, 1.807) is 12.4 Å². The van der Waals surface area contributed by atoms with Gasteiger partial charge in [0.15, 0.2) is 0 Å². The molecule has 0 saturated heterocycles. The highest BCUT2D eigenvalue weighted by atomic mass is 31.2. The predicted octanol–water partition coefficient (Wildman–Crippen LogP) is 7.23. The largest absolute Gasteiger partial charge is 0.305 e. The smallest absolute Gasteiger partial charge is 0.205 e. The molecule has 0 amide bonds. The Bertz CT molecular complexity index is 1830. The molecule has 2 aliphatic carbocycles. The highest BCUT2D eigenvalue weighted by Gasteiger charge is 2.42. The Morgan fingerprint density at radius 2 is 1.25 bits per heavy atom. The van der Waals surface area contributed by atoms with Crippen LogP contribution in [0.3, 0.4) is 0 Å². The Kier molecular flexibility index (Phi) is 5.43. The van der Waals surface area contributed by atoms with Crippen molar-refractivity contribution >= 4 is 35.5 Å². The number of nitrogens with zero attached hydrogens (tertiary/aromatic N) is 2. The van der Waals surface area contributed by atoms with Crippen LogP contribution >= 0.6 is 7.14 Å². The van der Waals surface area contributed by atoms with Crippen LogP contribution in [0.1, 0.15) is 61.1 Å². The summed E-state index contributed by atoms with van der Waals surface area (Å²) in [6, 6.07) is 30.8. The van der Waals surface area contributed by atoms with Gasteiger partial charge in [0.2, 0.25) is 7.14 Å². The Labute approximate surface area is 236 Å². The second-order valence-electron chi connectivity index (χ2n) is 11.8. The Hall–Kier alpha value is -4.07. The second kappa shape index (κ2) is 8.71. The lowest BCUT2D eigenvalue weighted by Crippen LogP contribution is -2.29. The van der Waals surface area contributed by atoms with Gasteiger partial charge >= 0.3 is 0 Å². The molecule has 0 fully saturated rings. The average Bonchev–Trinajstić information content (AvgIpc) is 3.15. The number of hydrogen-bond donors (Lipinski definition) is 0. The molecule has 2 aromatic heterocycles. The van der Waals surface area contributed by atoms with Crippen molar-refractivity contribution in [2.75, 3.05) is 0 Å². The van der Waals surface area contributed by atoms with Crippen molar-refractivity contribution < 1.29 is 4.57 Å². The molecule has 2 heterocycles. The normalized spacial score (nSPS) is 15.9. The van der Waals surface area contributed by atoms with E-state index in [4.69, 9.17) is 0 Å². The maximum atomic E-state index is 15.0. The molecule has 0 unspecified atom stereocenters. The number of aromatic nitrogens is 2. The third-order valence-electron chi connectivity index (χ3n) is 8.88. The molecule has 0 radical (unpaired) electrons. The van der Waals surface area contributed by atoms with Crippen molar-refractivity contribution in [3.8, 4) is 11.1 Å². The number of hydrogen-bond acceptors (Lipinski definition) is 3.